The Balaban J connectivity index is 1.95. The van der Waals surface area contributed by atoms with E-state index in [1.165, 1.54) is 0 Å². The lowest BCUT2D eigenvalue weighted by atomic mass is 9.48. The highest BCUT2D eigenvalue weighted by molar-refractivity contribution is 5.94. The van der Waals surface area contributed by atoms with E-state index in [2.05, 4.69) is 0 Å². The second-order valence-electron chi connectivity index (χ2n) is 11.6. The highest BCUT2D eigenvalue weighted by atomic mass is 16.6. The molecule has 1 aromatic rings. The van der Waals surface area contributed by atoms with E-state index in [0.29, 0.717) is 37.9 Å². The standard InChI is InChI=1S/C30H42O7/c1-8-36-20-16-21-26(37-27(32)19-12-10-9-11-13-19)30(33)15-14-18(2)23(28(30,3)4)24(35-7)25(31)29(21,5)22(17-20)34-6/h9-13,20-22,24,26,33H,8,14-17H2,1-7H3/t20?,21?,22?,24?,26-,29?,30?/m0/s1. The summed E-state index contributed by atoms with van der Waals surface area (Å²) in [4.78, 5) is 28.1. The average Bonchev–Trinajstić information content (AvgIpc) is 2.88. The number of allylic oxidation sites excluding steroid dienone is 1. The molecule has 2 fully saturated rings. The number of Topliss-reactive ketones (excluding diaryl/α,β-unsaturated/α-hetero) is 1. The van der Waals surface area contributed by atoms with Crippen molar-refractivity contribution in [3.8, 4) is 0 Å². The van der Waals surface area contributed by atoms with Crippen molar-refractivity contribution < 1.29 is 33.6 Å². The Bertz CT molecular complexity index is 1050. The summed E-state index contributed by atoms with van der Waals surface area (Å²) in [6.07, 6.45) is -0.547. The van der Waals surface area contributed by atoms with Gasteiger partial charge in [0.2, 0.25) is 0 Å². The van der Waals surface area contributed by atoms with Crippen molar-refractivity contribution in [3.63, 3.8) is 0 Å². The van der Waals surface area contributed by atoms with E-state index >= 15 is 0 Å². The van der Waals surface area contributed by atoms with E-state index < -0.39 is 46.6 Å². The summed E-state index contributed by atoms with van der Waals surface area (Å²) in [7, 11) is 3.15. The van der Waals surface area contributed by atoms with Crippen LogP contribution in [-0.4, -0.2) is 67.7 Å². The number of ether oxygens (including phenoxy) is 4. The molecule has 4 rings (SSSR count). The maximum absolute atomic E-state index is 14.6. The number of hydrogen-bond acceptors (Lipinski definition) is 7. The van der Waals surface area contributed by atoms with E-state index in [1.807, 2.05) is 40.7 Å². The number of carbonyl (C=O) groups excluding carboxylic acids is 2. The third kappa shape index (κ3) is 4.28. The van der Waals surface area contributed by atoms with Gasteiger partial charge in [0, 0.05) is 38.6 Å². The first-order chi connectivity index (χ1) is 17.5. The van der Waals surface area contributed by atoms with E-state index in [1.54, 1.807) is 38.5 Å². The van der Waals surface area contributed by atoms with Gasteiger partial charge in [-0.1, -0.05) is 37.6 Å². The van der Waals surface area contributed by atoms with Crippen molar-refractivity contribution >= 4 is 11.8 Å². The second-order valence-corrected chi connectivity index (χ2v) is 11.6. The smallest absolute Gasteiger partial charge is 0.338 e. The minimum Gasteiger partial charge on any atom is -0.455 e. The van der Waals surface area contributed by atoms with Gasteiger partial charge in [-0.25, -0.2) is 4.79 Å². The first-order valence-electron chi connectivity index (χ1n) is 13.4. The fourth-order valence-electron chi connectivity index (χ4n) is 7.39. The zero-order valence-electron chi connectivity index (χ0n) is 23.2. The van der Waals surface area contributed by atoms with E-state index in [9.17, 15) is 14.7 Å². The topological polar surface area (TPSA) is 91.3 Å². The summed E-state index contributed by atoms with van der Waals surface area (Å²) in [6.45, 7) is 10.2. The SMILES string of the molecule is CCOC1CC(OC)C2(C)C(=O)C(OC)C3=C(C)CCC(O)([C@@H](OC(=O)c4ccccc4)C2C1)C3(C)C. The van der Waals surface area contributed by atoms with Crippen LogP contribution in [0, 0.1) is 16.7 Å². The minimum atomic E-state index is -1.44. The number of esters is 1. The zero-order chi connectivity index (χ0) is 27.2. The predicted molar refractivity (Wildman–Crippen MR) is 139 cm³/mol. The lowest BCUT2D eigenvalue weighted by molar-refractivity contribution is -0.226. The average molecular weight is 515 g/mol. The van der Waals surface area contributed by atoms with Crippen LogP contribution in [0.1, 0.15) is 70.7 Å². The minimum absolute atomic E-state index is 0.103. The summed E-state index contributed by atoms with van der Waals surface area (Å²) in [6, 6.07) is 8.79. The zero-order valence-corrected chi connectivity index (χ0v) is 23.2. The number of rotatable bonds is 6. The lowest BCUT2D eigenvalue weighted by Crippen LogP contribution is -2.70. The molecule has 0 spiro atoms. The molecule has 6 unspecified atom stereocenters. The summed E-state index contributed by atoms with van der Waals surface area (Å²) in [5.41, 5.74) is -1.22. The Labute approximate surface area is 220 Å². The maximum Gasteiger partial charge on any atom is 0.338 e. The van der Waals surface area contributed by atoms with Crippen LogP contribution in [0.15, 0.2) is 41.5 Å². The highest BCUT2D eigenvalue weighted by Gasteiger charge is 2.68. The molecule has 0 aliphatic heterocycles. The first kappa shape index (κ1) is 28.0. The molecule has 0 saturated heterocycles. The van der Waals surface area contributed by atoms with Gasteiger partial charge in [0.1, 0.15) is 17.8 Å². The molecule has 0 amide bonds. The fourth-order valence-corrected chi connectivity index (χ4v) is 7.39. The van der Waals surface area contributed by atoms with Crippen LogP contribution in [0.25, 0.3) is 0 Å². The van der Waals surface area contributed by atoms with Crippen LogP contribution in [0.5, 0.6) is 0 Å². The van der Waals surface area contributed by atoms with Gasteiger partial charge >= 0.3 is 5.97 Å². The number of methoxy groups -OCH3 is 2. The summed E-state index contributed by atoms with van der Waals surface area (Å²) in [5.74, 6) is -1.17. The van der Waals surface area contributed by atoms with Gasteiger partial charge in [-0.2, -0.15) is 0 Å². The van der Waals surface area contributed by atoms with Gasteiger partial charge in [0.25, 0.3) is 0 Å². The van der Waals surface area contributed by atoms with E-state index in [4.69, 9.17) is 18.9 Å². The van der Waals surface area contributed by atoms with Crippen molar-refractivity contribution in [3.05, 3.63) is 47.0 Å². The Morgan fingerprint density at radius 3 is 2.35 bits per heavy atom. The molecule has 7 heteroatoms. The summed E-state index contributed by atoms with van der Waals surface area (Å²) >= 11 is 0. The molecule has 7 atom stereocenters. The molecule has 7 nitrogen and oxygen atoms in total. The fraction of sp³-hybridized carbons (Fsp3) is 0.667. The predicted octanol–water partition coefficient (Wildman–Crippen LogP) is 4.51. The maximum atomic E-state index is 14.6. The number of carbonyl (C=O) groups is 2. The number of benzene rings is 1. The quantitative estimate of drug-likeness (QED) is 0.441. The third-order valence-electron chi connectivity index (χ3n) is 9.56. The molecule has 2 saturated carbocycles. The van der Waals surface area contributed by atoms with E-state index in [0.717, 1.165) is 11.1 Å². The van der Waals surface area contributed by atoms with E-state index in [-0.39, 0.29) is 11.9 Å². The summed E-state index contributed by atoms with van der Waals surface area (Å²) < 4.78 is 24.3. The molecule has 0 heterocycles. The van der Waals surface area contributed by atoms with Crippen LogP contribution >= 0.6 is 0 Å². The van der Waals surface area contributed by atoms with Crippen LogP contribution < -0.4 is 0 Å². The summed E-state index contributed by atoms with van der Waals surface area (Å²) in [5, 5.41) is 12.7. The number of fused-ring (bicyclic) bond motifs is 3. The van der Waals surface area contributed by atoms with Gasteiger partial charge in [-0.3, -0.25) is 4.79 Å². The Morgan fingerprint density at radius 1 is 1.08 bits per heavy atom. The van der Waals surface area contributed by atoms with Crippen LogP contribution in [0.2, 0.25) is 0 Å². The molecule has 0 aromatic heterocycles. The van der Waals surface area contributed by atoms with Crippen LogP contribution in [-0.2, 0) is 23.7 Å². The molecule has 1 aromatic carbocycles. The molecular formula is C30H42O7. The van der Waals surface area contributed by atoms with Crippen molar-refractivity contribution in [2.24, 2.45) is 16.7 Å². The molecular weight excluding hydrogens is 472 g/mol. The highest BCUT2D eigenvalue weighted by Crippen LogP contribution is 2.60. The second kappa shape index (κ2) is 10.3. The molecule has 3 aliphatic rings. The monoisotopic (exact) mass is 514 g/mol. The lowest BCUT2D eigenvalue weighted by Gasteiger charge is -2.61. The van der Waals surface area contributed by atoms with Crippen molar-refractivity contribution in [2.45, 2.75) is 90.3 Å². The molecule has 204 valence electrons. The Kier molecular flexibility index (Phi) is 7.75. The van der Waals surface area contributed by atoms with Gasteiger partial charge in [-0.05, 0) is 57.7 Å². The molecule has 3 aliphatic carbocycles. The van der Waals surface area contributed by atoms with Crippen LogP contribution in [0.4, 0.5) is 0 Å². The first-order valence-corrected chi connectivity index (χ1v) is 13.4. The Morgan fingerprint density at radius 2 is 1.76 bits per heavy atom. The third-order valence-corrected chi connectivity index (χ3v) is 9.56. The van der Waals surface area contributed by atoms with Crippen molar-refractivity contribution in [1.29, 1.82) is 0 Å². The van der Waals surface area contributed by atoms with Gasteiger partial charge in [0.05, 0.1) is 23.2 Å². The number of ketones is 1. The van der Waals surface area contributed by atoms with Gasteiger partial charge in [0.15, 0.2) is 5.78 Å². The van der Waals surface area contributed by atoms with Gasteiger partial charge < -0.3 is 24.1 Å². The normalized spacial score (nSPS) is 37.4. The number of hydrogen-bond donors (Lipinski definition) is 1. The van der Waals surface area contributed by atoms with Crippen molar-refractivity contribution in [1.82, 2.24) is 0 Å². The van der Waals surface area contributed by atoms with Gasteiger partial charge in [-0.15, -0.1) is 0 Å². The molecule has 0 radical (unpaired) electrons. The number of aliphatic hydroxyl groups is 1. The Hall–Kier alpha value is -2.06. The van der Waals surface area contributed by atoms with Crippen molar-refractivity contribution in [2.75, 3.05) is 20.8 Å². The molecule has 37 heavy (non-hydrogen) atoms. The van der Waals surface area contributed by atoms with Crippen LogP contribution in [0.3, 0.4) is 0 Å². The largest absolute Gasteiger partial charge is 0.455 e. The molecule has 1 N–H and O–H groups in total. The molecule has 2 bridgehead atoms.